The second-order valence-corrected chi connectivity index (χ2v) is 5.17. The van der Waals surface area contributed by atoms with Crippen LogP contribution in [-0.2, 0) is 16.0 Å². The van der Waals surface area contributed by atoms with Gasteiger partial charge in [-0.2, -0.15) is 0 Å². The van der Waals surface area contributed by atoms with Crippen molar-refractivity contribution in [3.05, 3.63) is 60.2 Å². The minimum atomic E-state index is -0.190. The predicted octanol–water partition coefficient (Wildman–Crippen LogP) is 4.63. The van der Waals surface area contributed by atoms with Crippen molar-refractivity contribution in [1.82, 2.24) is 0 Å². The van der Waals surface area contributed by atoms with Crippen LogP contribution < -0.4 is 0 Å². The lowest BCUT2D eigenvalue weighted by molar-refractivity contribution is -0.141. The van der Waals surface area contributed by atoms with Crippen LogP contribution in [0.4, 0.5) is 0 Å². The lowest BCUT2D eigenvalue weighted by Gasteiger charge is -2.09. The van der Waals surface area contributed by atoms with Crippen molar-refractivity contribution in [3.8, 4) is 11.1 Å². The van der Waals surface area contributed by atoms with Gasteiger partial charge in [0.15, 0.2) is 0 Å². The van der Waals surface area contributed by atoms with Gasteiger partial charge in [0.05, 0.1) is 6.61 Å². The van der Waals surface area contributed by atoms with Crippen LogP contribution in [-0.4, -0.2) is 12.6 Å². The van der Waals surface area contributed by atoms with Gasteiger partial charge in [-0.05, 0) is 42.4 Å². The molecule has 0 atom stereocenters. The molecule has 2 aromatic rings. The third kappa shape index (κ3) is 5.07. The highest BCUT2D eigenvalue weighted by molar-refractivity contribution is 5.67. The Balaban J connectivity index is 1.88. The Morgan fingerprint density at radius 3 is 2.38 bits per heavy atom. The minimum Gasteiger partial charge on any atom is -0.466 e. The molecule has 0 spiro atoms. The number of benzene rings is 2. The van der Waals surface area contributed by atoms with Gasteiger partial charge in [0.2, 0.25) is 0 Å². The lowest BCUT2D eigenvalue weighted by Crippen LogP contribution is -2.00. The number of hydrogen-bond acceptors (Lipinski definition) is 2. The van der Waals surface area contributed by atoms with E-state index < -0.39 is 0 Å². The summed E-state index contributed by atoms with van der Waals surface area (Å²) < 4.78 is 4.95. The number of ether oxygens (including phenoxy) is 1. The SMILES string of the molecule is CC(=O)OCCCCCc1ccccc1-c1ccccc1. The second-order valence-electron chi connectivity index (χ2n) is 5.17. The maximum atomic E-state index is 10.7. The predicted molar refractivity (Wildman–Crippen MR) is 86.1 cm³/mol. The molecule has 0 saturated heterocycles. The molecule has 0 aliphatic carbocycles. The Hall–Kier alpha value is -2.09. The van der Waals surface area contributed by atoms with Crippen molar-refractivity contribution < 1.29 is 9.53 Å². The summed E-state index contributed by atoms with van der Waals surface area (Å²) in [5, 5.41) is 0. The lowest BCUT2D eigenvalue weighted by atomic mass is 9.96. The van der Waals surface area contributed by atoms with E-state index in [0.717, 1.165) is 25.7 Å². The van der Waals surface area contributed by atoms with Crippen LogP contribution in [0.1, 0.15) is 31.7 Å². The second kappa shape index (κ2) is 8.25. The van der Waals surface area contributed by atoms with Gasteiger partial charge in [0.25, 0.3) is 0 Å². The topological polar surface area (TPSA) is 26.3 Å². The maximum Gasteiger partial charge on any atom is 0.302 e. The van der Waals surface area contributed by atoms with Gasteiger partial charge in [-0.25, -0.2) is 0 Å². The standard InChI is InChI=1S/C19H22O2/c1-16(20)21-15-9-3-6-12-18-13-7-8-14-19(18)17-10-4-2-5-11-17/h2,4-5,7-8,10-11,13-14H,3,6,9,12,15H2,1H3. The third-order valence-corrected chi connectivity index (χ3v) is 3.50. The molecular weight excluding hydrogens is 260 g/mol. The van der Waals surface area contributed by atoms with Crippen molar-refractivity contribution in [2.75, 3.05) is 6.61 Å². The first-order valence-corrected chi connectivity index (χ1v) is 7.54. The molecule has 110 valence electrons. The molecule has 0 aliphatic heterocycles. The quantitative estimate of drug-likeness (QED) is 0.546. The number of carbonyl (C=O) groups is 1. The molecule has 0 heterocycles. The van der Waals surface area contributed by atoms with E-state index in [9.17, 15) is 4.79 Å². The molecule has 0 fully saturated rings. The molecular formula is C19H22O2. The number of carbonyl (C=O) groups excluding carboxylic acids is 1. The fourth-order valence-electron chi connectivity index (χ4n) is 2.45. The van der Waals surface area contributed by atoms with Gasteiger partial charge >= 0.3 is 5.97 Å². The summed E-state index contributed by atoms with van der Waals surface area (Å²) in [4.78, 5) is 10.7. The molecule has 0 saturated carbocycles. The fourth-order valence-corrected chi connectivity index (χ4v) is 2.45. The summed E-state index contributed by atoms with van der Waals surface area (Å²) in [6.07, 6.45) is 4.19. The monoisotopic (exact) mass is 282 g/mol. The molecule has 0 aliphatic rings. The van der Waals surface area contributed by atoms with Crippen molar-refractivity contribution >= 4 is 5.97 Å². The summed E-state index contributed by atoms with van der Waals surface area (Å²) in [5.41, 5.74) is 3.97. The van der Waals surface area contributed by atoms with E-state index >= 15 is 0 Å². The van der Waals surface area contributed by atoms with Crippen LogP contribution in [0.3, 0.4) is 0 Å². The van der Waals surface area contributed by atoms with Crippen molar-refractivity contribution in [1.29, 1.82) is 0 Å². The number of unbranched alkanes of at least 4 members (excludes halogenated alkanes) is 2. The highest BCUT2D eigenvalue weighted by Gasteiger charge is 2.04. The Bertz CT molecular complexity index is 561. The van der Waals surface area contributed by atoms with E-state index in [4.69, 9.17) is 4.74 Å². The minimum absolute atomic E-state index is 0.190. The molecule has 0 N–H and O–H groups in total. The first-order chi connectivity index (χ1) is 10.3. The Kier molecular flexibility index (Phi) is 6.01. The summed E-state index contributed by atoms with van der Waals surface area (Å²) in [6, 6.07) is 19.1. The number of hydrogen-bond donors (Lipinski definition) is 0. The normalized spacial score (nSPS) is 10.3. The largest absolute Gasteiger partial charge is 0.466 e. The van der Waals surface area contributed by atoms with Crippen LogP contribution in [0.5, 0.6) is 0 Å². The Labute approximate surface area is 126 Å². The molecule has 2 rings (SSSR count). The van der Waals surface area contributed by atoms with Crippen molar-refractivity contribution in [2.24, 2.45) is 0 Å². The number of esters is 1. The van der Waals surface area contributed by atoms with Gasteiger partial charge in [-0.1, -0.05) is 54.6 Å². The average Bonchev–Trinajstić information content (AvgIpc) is 2.52. The summed E-state index contributed by atoms with van der Waals surface area (Å²) in [6.45, 7) is 1.99. The van der Waals surface area contributed by atoms with Crippen LogP contribution in [0.25, 0.3) is 11.1 Å². The molecule has 21 heavy (non-hydrogen) atoms. The average molecular weight is 282 g/mol. The first kappa shape index (κ1) is 15.3. The zero-order chi connectivity index (χ0) is 14.9. The molecule has 0 unspecified atom stereocenters. The summed E-state index contributed by atoms with van der Waals surface area (Å²) in [7, 11) is 0. The zero-order valence-corrected chi connectivity index (χ0v) is 12.5. The van der Waals surface area contributed by atoms with Gasteiger partial charge in [0.1, 0.15) is 0 Å². The van der Waals surface area contributed by atoms with E-state index in [-0.39, 0.29) is 5.97 Å². The molecule has 0 radical (unpaired) electrons. The van der Waals surface area contributed by atoms with Crippen molar-refractivity contribution in [2.45, 2.75) is 32.6 Å². The molecule has 0 aromatic heterocycles. The first-order valence-electron chi connectivity index (χ1n) is 7.54. The Morgan fingerprint density at radius 2 is 1.62 bits per heavy atom. The van der Waals surface area contributed by atoms with Crippen LogP contribution in [0.15, 0.2) is 54.6 Å². The molecule has 2 nitrogen and oxygen atoms in total. The number of aryl methyl sites for hydroxylation is 1. The number of rotatable bonds is 7. The Morgan fingerprint density at radius 1 is 0.905 bits per heavy atom. The summed E-state index contributed by atoms with van der Waals surface area (Å²) >= 11 is 0. The van der Waals surface area contributed by atoms with E-state index in [0.29, 0.717) is 6.61 Å². The molecule has 2 aromatic carbocycles. The van der Waals surface area contributed by atoms with E-state index in [1.807, 2.05) is 6.07 Å². The zero-order valence-electron chi connectivity index (χ0n) is 12.5. The van der Waals surface area contributed by atoms with E-state index in [1.165, 1.54) is 23.6 Å². The highest BCUT2D eigenvalue weighted by atomic mass is 16.5. The van der Waals surface area contributed by atoms with Crippen LogP contribution in [0.2, 0.25) is 0 Å². The summed E-state index contributed by atoms with van der Waals surface area (Å²) in [5.74, 6) is -0.190. The molecule has 0 bridgehead atoms. The van der Waals surface area contributed by atoms with Crippen LogP contribution >= 0.6 is 0 Å². The smallest absolute Gasteiger partial charge is 0.302 e. The van der Waals surface area contributed by atoms with Crippen molar-refractivity contribution in [3.63, 3.8) is 0 Å². The third-order valence-electron chi connectivity index (χ3n) is 3.50. The van der Waals surface area contributed by atoms with E-state index in [2.05, 4.69) is 48.5 Å². The van der Waals surface area contributed by atoms with Gasteiger partial charge in [-0.3, -0.25) is 4.79 Å². The fraction of sp³-hybridized carbons (Fsp3) is 0.316. The maximum absolute atomic E-state index is 10.7. The van der Waals surface area contributed by atoms with Gasteiger partial charge < -0.3 is 4.74 Å². The highest BCUT2D eigenvalue weighted by Crippen LogP contribution is 2.24. The van der Waals surface area contributed by atoms with Gasteiger partial charge in [-0.15, -0.1) is 0 Å². The van der Waals surface area contributed by atoms with Gasteiger partial charge in [0, 0.05) is 6.92 Å². The molecule has 2 heteroatoms. The molecule has 0 amide bonds. The van der Waals surface area contributed by atoms with Crippen LogP contribution in [0, 0.1) is 0 Å². The van der Waals surface area contributed by atoms with E-state index in [1.54, 1.807) is 0 Å².